The van der Waals surface area contributed by atoms with E-state index in [1.807, 2.05) is 0 Å². The quantitative estimate of drug-likeness (QED) is 0.834. The minimum absolute atomic E-state index is 0.116. The molecule has 0 spiro atoms. The number of sulfonamides is 1. The molecular weight excluding hydrogens is 315 g/mol. The predicted octanol–water partition coefficient (Wildman–Crippen LogP) is 3.45. The molecule has 1 aromatic carbocycles. The maximum absolute atomic E-state index is 13.0. The minimum atomic E-state index is -4.56. The van der Waals surface area contributed by atoms with Gasteiger partial charge in [0.1, 0.15) is 6.04 Å². The first-order valence-corrected chi connectivity index (χ1v) is 7.89. The molecule has 1 aliphatic heterocycles. The molecule has 0 N–H and O–H groups in total. The van der Waals surface area contributed by atoms with Crippen molar-refractivity contribution in [3.8, 4) is 0 Å². The highest BCUT2D eigenvalue weighted by Crippen LogP contribution is 2.35. The normalized spacial score (nSPS) is 21.9. The first-order valence-electron chi connectivity index (χ1n) is 6.07. The van der Waals surface area contributed by atoms with Crippen molar-refractivity contribution in [1.29, 1.82) is 0 Å². The lowest BCUT2D eigenvalue weighted by atomic mass is 10.1. The van der Waals surface area contributed by atoms with E-state index in [1.165, 1.54) is 24.3 Å². The summed E-state index contributed by atoms with van der Waals surface area (Å²) in [6.07, 6.45) is -3.95. The fourth-order valence-corrected chi connectivity index (χ4v) is 4.07. The second-order valence-electron chi connectivity index (χ2n) is 4.62. The summed E-state index contributed by atoms with van der Waals surface area (Å²) in [4.78, 5) is -0.168. The van der Waals surface area contributed by atoms with Crippen LogP contribution in [0.2, 0.25) is 5.02 Å². The second-order valence-corrected chi connectivity index (χ2v) is 6.95. The predicted molar refractivity (Wildman–Crippen MR) is 69.0 cm³/mol. The summed E-state index contributed by atoms with van der Waals surface area (Å²) in [5, 5.41) is 0.329. The molecule has 1 saturated heterocycles. The molecule has 1 fully saturated rings. The van der Waals surface area contributed by atoms with E-state index in [9.17, 15) is 21.6 Å². The third kappa shape index (κ3) is 3.10. The van der Waals surface area contributed by atoms with Crippen LogP contribution in [0.4, 0.5) is 13.2 Å². The zero-order valence-corrected chi connectivity index (χ0v) is 12.0. The molecule has 0 aliphatic carbocycles. The van der Waals surface area contributed by atoms with Crippen molar-refractivity contribution in [2.45, 2.75) is 36.4 Å². The monoisotopic (exact) mass is 327 g/mol. The average Bonchev–Trinajstić information content (AvgIpc) is 2.38. The van der Waals surface area contributed by atoms with E-state index in [0.717, 1.165) is 0 Å². The molecule has 0 aromatic heterocycles. The van der Waals surface area contributed by atoms with E-state index in [4.69, 9.17) is 11.6 Å². The lowest BCUT2D eigenvalue weighted by Crippen LogP contribution is -2.51. The number of alkyl halides is 3. The molecule has 1 aliphatic rings. The van der Waals surface area contributed by atoms with Crippen LogP contribution in [-0.4, -0.2) is 31.5 Å². The molecule has 0 radical (unpaired) electrons. The number of benzene rings is 1. The number of halogens is 4. The molecule has 20 heavy (non-hydrogen) atoms. The van der Waals surface area contributed by atoms with Crippen molar-refractivity contribution in [3.63, 3.8) is 0 Å². The Kier molecular flexibility index (Phi) is 4.32. The Bertz CT molecular complexity index is 571. The third-order valence-corrected chi connectivity index (χ3v) is 5.43. The molecule has 1 heterocycles. The van der Waals surface area contributed by atoms with Crippen molar-refractivity contribution >= 4 is 21.6 Å². The van der Waals surface area contributed by atoms with Gasteiger partial charge < -0.3 is 0 Å². The van der Waals surface area contributed by atoms with E-state index < -0.39 is 22.2 Å². The zero-order valence-electron chi connectivity index (χ0n) is 10.4. The SMILES string of the molecule is O=S(=O)(c1ccc(Cl)cc1)N1CCCCC1C(F)(F)F. The number of piperidine rings is 1. The first-order chi connectivity index (χ1) is 9.23. The molecule has 8 heteroatoms. The highest BCUT2D eigenvalue weighted by molar-refractivity contribution is 7.89. The Labute approximate surface area is 120 Å². The molecular formula is C12H13ClF3NO2S. The summed E-state index contributed by atoms with van der Waals surface area (Å²) in [7, 11) is -4.16. The lowest BCUT2D eigenvalue weighted by Gasteiger charge is -2.35. The van der Waals surface area contributed by atoms with Crippen molar-refractivity contribution < 1.29 is 21.6 Å². The van der Waals surface area contributed by atoms with Gasteiger partial charge in [0.25, 0.3) is 0 Å². The Morgan fingerprint density at radius 2 is 1.75 bits per heavy atom. The van der Waals surface area contributed by atoms with Crippen LogP contribution in [0.3, 0.4) is 0 Å². The number of hydrogen-bond acceptors (Lipinski definition) is 2. The number of hydrogen-bond donors (Lipinski definition) is 0. The zero-order chi connectivity index (χ0) is 15.0. The molecule has 0 amide bonds. The summed E-state index contributed by atoms with van der Waals surface area (Å²) in [6.45, 7) is -0.116. The summed E-state index contributed by atoms with van der Waals surface area (Å²) in [5.74, 6) is 0. The van der Waals surface area contributed by atoms with Crippen LogP contribution in [0, 0.1) is 0 Å². The fraction of sp³-hybridized carbons (Fsp3) is 0.500. The molecule has 0 bridgehead atoms. The number of nitrogens with zero attached hydrogens (tertiary/aromatic N) is 1. The van der Waals surface area contributed by atoms with E-state index in [2.05, 4.69) is 0 Å². The molecule has 0 saturated carbocycles. The molecule has 1 aromatic rings. The minimum Gasteiger partial charge on any atom is -0.207 e. The number of rotatable bonds is 2. The maximum Gasteiger partial charge on any atom is 0.405 e. The van der Waals surface area contributed by atoms with Crippen molar-refractivity contribution in [3.05, 3.63) is 29.3 Å². The van der Waals surface area contributed by atoms with Crippen LogP contribution >= 0.6 is 11.6 Å². The van der Waals surface area contributed by atoms with Gasteiger partial charge in [-0.1, -0.05) is 18.0 Å². The van der Waals surface area contributed by atoms with Crippen LogP contribution < -0.4 is 0 Å². The van der Waals surface area contributed by atoms with Gasteiger partial charge in [-0.25, -0.2) is 8.42 Å². The largest absolute Gasteiger partial charge is 0.405 e. The van der Waals surface area contributed by atoms with Gasteiger partial charge in [0.2, 0.25) is 10.0 Å². The molecule has 1 unspecified atom stereocenters. The summed E-state index contributed by atoms with van der Waals surface area (Å²) in [5.41, 5.74) is 0. The average molecular weight is 328 g/mol. The van der Waals surface area contributed by atoms with E-state index in [0.29, 0.717) is 22.2 Å². The highest BCUT2D eigenvalue weighted by Gasteiger charge is 2.48. The molecule has 2 rings (SSSR count). The van der Waals surface area contributed by atoms with E-state index in [-0.39, 0.29) is 17.9 Å². The van der Waals surface area contributed by atoms with Crippen LogP contribution in [0.15, 0.2) is 29.2 Å². The van der Waals surface area contributed by atoms with Crippen LogP contribution in [-0.2, 0) is 10.0 Å². The first kappa shape index (κ1) is 15.6. The summed E-state index contributed by atoms with van der Waals surface area (Å²) in [6, 6.07) is 3.19. The van der Waals surface area contributed by atoms with Crippen LogP contribution in [0.25, 0.3) is 0 Å². The molecule has 112 valence electrons. The lowest BCUT2D eigenvalue weighted by molar-refractivity contribution is -0.177. The van der Waals surface area contributed by atoms with Gasteiger partial charge in [-0.3, -0.25) is 0 Å². The Balaban J connectivity index is 2.38. The molecule has 3 nitrogen and oxygen atoms in total. The van der Waals surface area contributed by atoms with Gasteiger partial charge in [-0.05, 0) is 37.1 Å². The Morgan fingerprint density at radius 3 is 2.30 bits per heavy atom. The van der Waals surface area contributed by atoms with Crippen LogP contribution in [0.5, 0.6) is 0 Å². The van der Waals surface area contributed by atoms with E-state index >= 15 is 0 Å². The molecule has 1 atom stereocenters. The van der Waals surface area contributed by atoms with Gasteiger partial charge in [-0.2, -0.15) is 17.5 Å². The van der Waals surface area contributed by atoms with E-state index in [1.54, 1.807) is 0 Å². The second kappa shape index (κ2) is 5.54. The Hall–Kier alpha value is -0.790. The third-order valence-electron chi connectivity index (χ3n) is 3.25. The van der Waals surface area contributed by atoms with Crippen molar-refractivity contribution in [1.82, 2.24) is 4.31 Å². The van der Waals surface area contributed by atoms with Gasteiger partial charge in [-0.15, -0.1) is 0 Å². The standard InChI is InChI=1S/C12H13ClF3NO2S/c13-9-4-6-10(7-5-9)20(18,19)17-8-2-1-3-11(17)12(14,15)16/h4-7,11H,1-3,8H2. The van der Waals surface area contributed by atoms with Gasteiger partial charge in [0, 0.05) is 11.6 Å². The van der Waals surface area contributed by atoms with Gasteiger partial charge in [0.05, 0.1) is 4.90 Å². The topological polar surface area (TPSA) is 37.4 Å². The smallest absolute Gasteiger partial charge is 0.207 e. The Morgan fingerprint density at radius 1 is 1.15 bits per heavy atom. The van der Waals surface area contributed by atoms with Crippen molar-refractivity contribution in [2.24, 2.45) is 0 Å². The summed E-state index contributed by atoms with van der Waals surface area (Å²) >= 11 is 5.66. The van der Waals surface area contributed by atoms with Gasteiger partial charge in [0.15, 0.2) is 0 Å². The highest BCUT2D eigenvalue weighted by atomic mass is 35.5. The van der Waals surface area contributed by atoms with Gasteiger partial charge >= 0.3 is 6.18 Å². The van der Waals surface area contributed by atoms with Crippen LogP contribution in [0.1, 0.15) is 19.3 Å². The fourth-order valence-electron chi connectivity index (χ4n) is 2.26. The maximum atomic E-state index is 13.0. The van der Waals surface area contributed by atoms with Crippen molar-refractivity contribution in [2.75, 3.05) is 6.54 Å². The summed E-state index contributed by atoms with van der Waals surface area (Å²) < 4.78 is 64.2.